The molecule has 1 amide bonds. The Bertz CT molecular complexity index is 591. The van der Waals surface area contributed by atoms with Gasteiger partial charge in [-0.1, -0.05) is 19.1 Å². The molecule has 0 fully saturated rings. The van der Waals surface area contributed by atoms with Gasteiger partial charge in [-0.3, -0.25) is 4.79 Å². The molecule has 0 radical (unpaired) electrons. The maximum absolute atomic E-state index is 11.0. The molecule has 2 aromatic rings. The number of ether oxygens (including phenoxy) is 1. The summed E-state index contributed by atoms with van der Waals surface area (Å²) in [4.78, 5) is 11.0. The van der Waals surface area contributed by atoms with E-state index in [1.54, 1.807) is 0 Å². The van der Waals surface area contributed by atoms with E-state index >= 15 is 0 Å². The van der Waals surface area contributed by atoms with Crippen molar-refractivity contribution in [1.82, 2.24) is 0 Å². The van der Waals surface area contributed by atoms with Crippen molar-refractivity contribution in [1.29, 1.82) is 0 Å². The molecule has 0 saturated carbocycles. The van der Waals surface area contributed by atoms with Gasteiger partial charge < -0.3 is 15.4 Å². The van der Waals surface area contributed by atoms with Gasteiger partial charge >= 0.3 is 0 Å². The molecule has 4 heteroatoms. The highest BCUT2D eigenvalue weighted by molar-refractivity contribution is 5.88. The molecule has 0 saturated heterocycles. The number of anilines is 2. The average molecular weight is 298 g/mol. The first-order valence-corrected chi connectivity index (χ1v) is 7.50. The molecule has 4 nitrogen and oxygen atoms in total. The molecule has 2 N–H and O–H groups in total. The van der Waals surface area contributed by atoms with Crippen molar-refractivity contribution in [2.24, 2.45) is 0 Å². The van der Waals surface area contributed by atoms with Crippen LogP contribution in [0, 0.1) is 0 Å². The number of hydrogen-bond donors (Lipinski definition) is 2. The van der Waals surface area contributed by atoms with Crippen LogP contribution in [0.3, 0.4) is 0 Å². The van der Waals surface area contributed by atoms with Crippen molar-refractivity contribution in [2.45, 2.75) is 26.8 Å². The van der Waals surface area contributed by atoms with Crippen LogP contribution < -0.4 is 15.4 Å². The number of amides is 1. The molecule has 0 aliphatic heterocycles. The summed E-state index contributed by atoms with van der Waals surface area (Å²) in [6.07, 6.45) is 1.01. The molecule has 116 valence electrons. The van der Waals surface area contributed by atoms with Crippen molar-refractivity contribution in [3.63, 3.8) is 0 Å². The second-order valence-corrected chi connectivity index (χ2v) is 5.10. The van der Waals surface area contributed by atoms with E-state index in [1.807, 2.05) is 36.4 Å². The Morgan fingerprint density at radius 2 is 1.64 bits per heavy atom. The Labute approximate surface area is 131 Å². The zero-order chi connectivity index (χ0) is 15.8. The zero-order valence-electron chi connectivity index (χ0n) is 13.1. The summed E-state index contributed by atoms with van der Waals surface area (Å²) >= 11 is 0. The first kappa shape index (κ1) is 15.9. The summed E-state index contributed by atoms with van der Waals surface area (Å²) in [6.45, 7) is 5.08. The summed E-state index contributed by atoms with van der Waals surface area (Å²) < 4.78 is 5.56. The van der Waals surface area contributed by atoms with Gasteiger partial charge in [-0.05, 0) is 48.4 Å². The summed E-state index contributed by atoms with van der Waals surface area (Å²) in [5, 5.41) is 6.10. The Balaban J connectivity index is 1.85. The minimum Gasteiger partial charge on any atom is -0.494 e. The fourth-order valence-electron chi connectivity index (χ4n) is 2.00. The van der Waals surface area contributed by atoms with Crippen LogP contribution in [0.5, 0.6) is 5.75 Å². The van der Waals surface area contributed by atoms with Crippen LogP contribution in [0.2, 0.25) is 0 Å². The molecular weight excluding hydrogens is 276 g/mol. The SMILES string of the molecule is CCCOc1ccc(CNc2ccc(NC(C)=O)cc2)cc1. The van der Waals surface area contributed by atoms with Gasteiger partial charge in [0, 0.05) is 24.8 Å². The molecule has 2 rings (SSSR count). The van der Waals surface area contributed by atoms with Crippen LogP contribution in [0.1, 0.15) is 25.8 Å². The Kier molecular flexibility index (Phi) is 5.83. The quantitative estimate of drug-likeness (QED) is 0.811. The van der Waals surface area contributed by atoms with E-state index < -0.39 is 0 Å². The van der Waals surface area contributed by atoms with Crippen LogP contribution in [0.15, 0.2) is 48.5 Å². The third-order valence-electron chi connectivity index (χ3n) is 3.10. The normalized spacial score (nSPS) is 10.1. The molecule has 0 unspecified atom stereocenters. The Hall–Kier alpha value is -2.49. The lowest BCUT2D eigenvalue weighted by Gasteiger charge is -2.09. The van der Waals surface area contributed by atoms with Crippen LogP contribution in [-0.2, 0) is 11.3 Å². The fourth-order valence-corrected chi connectivity index (χ4v) is 2.00. The molecule has 2 aromatic carbocycles. The van der Waals surface area contributed by atoms with Gasteiger partial charge in [-0.15, -0.1) is 0 Å². The highest BCUT2D eigenvalue weighted by atomic mass is 16.5. The van der Waals surface area contributed by atoms with Crippen molar-refractivity contribution in [3.05, 3.63) is 54.1 Å². The summed E-state index contributed by atoms with van der Waals surface area (Å²) in [5.74, 6) is 0.844. The van der Waals surface area contributed by atoms with E-state index in [9.17, 15) is 4.79 Å². The van der Waals surface area contributed by atoms with Gasteiger partial charge in [0.15, 0.2) is 0 Å². The number of rotatable bonds is 7. The molecule has 0 aromatic heterocycles. The van der Waals surface area contributed by atoms with E-state index in [0.29, 0.717) is 0 Å². The van der Waals surface area contributed by atoms with Gasteiger partial charge in [0.25, 0.3) is 0 Å². The van der Waals surface area contributed by atoms with Crippen molar-refractivity contribution in [2.75, 3.05) is 17.2 Å². The number of benzene rings is 2. The molecule has 0 spiro atoms. The van der Waals surface area contributed by atoms with Crippen LogP contribution in [0.4, 0.5) is 11.4 Å². The van der Waals surface area contributed by atoms with Crippen molar-refractivity contribution in [3.8, 4) is 5.75 Å². The van der Waals surface area contributed by atoms with E-state index in [1.165, 1.54) is 12.5 Å². The standard InChI is InChI=1S/C18H22N2O2/c1-3-12-22-18-10-4-15(5-11-18)13-19-16-6-8-17(9-7-16)20-14(2)21/h4-11,19H,3,12-13H2,1-2H3,(H,20,21). The van der Waals surface area contributed by atoms with E-state index in [0.717, 1.165) is 36.7 Å². The summed E-state index contributed by atoms with van der Waals surface area (Å²) in [5.41, 5.74) is 3.01. The first-order chi connectivity index (χ1) is 10.7. The molecule has 0 aliphatic rings. The van der Waals surface area contributed by atoms with E-state index in [2.05, 4.69) is 29.7 Å². The molecule has 0 aliphatic carbocycles. The lowest BCUT2D eigenvalue weighted by molar-refractivity contribution is -0.114. The van der Waals surface area contributed by atoms with Gasteiger partial charge in [0.1, 0.15) is 5.75 Å². The second kappa shape index (κ2) is 8.08. The van der Waals surface area contributed by atoms with Gasteiger partial charge in [-0.25, -0.2) is 0 Å². The maximum Gasteiger partial charge on any atom is 0.221 e. The first-order valence-electron chi connectivity index (χ1n) is 7.50. The van der Waals surface area contributed by atoms with Crippen LogP contribution >= 0.6 is 0 Å². The van der Waals surface area contributed by atoms with Crippen LogP contribution in [0.25, 0.3) is 0 Å². The maximum atomic E-state index is 11.0. The lowest BCUT2D eigenvalue weighted by Crippen LogP contribution is -2.05. The monoisotopic (exact) mass is 298 g/mol. The zero-order valence-corrected chi connectivity index (χ0v) is 13.1. The highest BCUT2D eigenvalue weighted by Crippen LogP contribution is 2.16. The average Bonchev–Trinajstić information content (AvgIpc) is 2.53. The third kappa shape index (κ3) is 5.13. The Morgan fingerprint density at radius 3 is 2.23 bits per heavy atom. The van der Waals surface area contributed by atoms with Crippen molar-refractivity contribution < 1.29 is 9.53 Å². The number of carbonyl (C=O) groups excluding carboxylic acids is 1. The number of hydrogen-bond acceptors (Lipinski definition) is 3. The molecule has 0 atom stereocenters. The predicted molar refractivity (Wildman–Crippen MR) is 90.3 cm³/mol. The van der Waals surface area contributed by atoms with E-state index in [4.69, 9.17) is 4.74 Å². The number of nitrogens with one attached hydrogen (secondary N) is 2. The third-order valence-corrected chi connectivity index (χ3v) is 3.10. The molecular formula is C18H22N2O2. The minimum atomic E-state index is -0.0638. The van der Waals surface area contributed by atoms with E-state index in [-0.39, 0.29) is 5.91 Å². The summed E-state index contributed by atoms with van der Waals surface area (Å²) in [7, 11) is 0. The summed E-state index contributed by atoms with van der Waals surface area (Å²) in [6, 6.07) is 15.8. The van der Waals surface area contributed by atoms with Gasteiger partial charge in [0.2, 0.25) is 5.91 Å². The fraction of sp³-hybridized carbons (Fsp3) is 0.278. The Morgan fingerprint density at radius 1 is 1.00 bits per heavy atom. The van der Waals surface area contributed by atoms with Gasteiger partial charge in [-0.2, -0.15) is 0 Å². The second-order valence-electron chi connectivity index (χ2n) is 5.10. The molecule has 22 heavy (non-hydrogen) atoms. The number of carbonyl (C=O) groups is 1. The topological polar surface area (TPSA) is 50.4 Å². The smallest absolute Gasteiger partial charge is 0.221 e. The predicted octanol–water partition coefficient (Wildman–Crippen LogP) is 4.05. The highest BCUT2D eigenvalue weighted by Gasteiger charge is 1.98. The largest absolute Gasteiger partial charge is 0.494 e. The van der Waals surface area contributed by atoms with Gasteiger partial charge in [0.05, 0.1) is 6.61 Å². The lowest BCUT2D eigenvalue weighted by atomic mass is 10.2. The van der Waals surface area contributed by atoms with Crippen LogP contribution in [-0.4, -0.2) is 12.5 Å². The minimum absolute atomic E-state index is 0.0638. The molecule has 0 bridgehead atoms. The molecule has 0 heterocycles. The van der Waals surface area contributed by atoms with Crippen molar-refractivity contribution >= 4 is 17.3 Å².